The summed E-state index contributed by atoms with van der Waals surface area (Å²) in [6, 6.07) is 6.66. The molecule has 8 heteroatoms. The van der Waals surface area contributed by atoms with Crippen LogP contribution in [0.4, 0.5) is 0 Å². The van der Waals surface area contributed by atoms with Gasteiger partial charge in [0, 0.05) is 18.7 Å². The topological polar surface area (TPSA) is 114 Å². The highest BCUT2D eigenvalue weighted by Crippen LogP contribution is 2.19. The lowest BCUT2D eigenvalue weighted by molar-refractivity contribution is -0.151. The number of carbonyl (C=O) groups is 3. The van der Waals surface area contributed by atoms with E-state index in [0.29, 0.717) is 24.2 Å². The van der Waals surface area contributed by atoms with Gasteiger partial charge in [0.2, 0.25) is 5.91 Å². The Labute approximate surface area is 139 Å². The van der Waals surface area contributed by atoms with Crippen molar-refractivity contribution in [3.05, 3.63) is 29.8 Å². The largest absolute Gasteiger partial charge is 0.497 e. The van der Waals surface area contributed by atoms with E-state index in [1.54, 1.807) is 31.4 Å². The molecule has 0 unspecified atom stereocenters. The van der Waals surface area contributed by atoms with Crippen LogP contribution in [-0.2, 0) is 14.3 Å². The zero-order valence-corrected chi connectivity index (χ0v) is 13.3. The fourth-order valence-electron chi connectivity index (χ4n) is 2.33. The van der Waals surface area contributed by atoms with Crippen molar-refractivity contribution in [2.75, 3.05) is 20.2 Å². The molecule has 2 atom stereocenters. The minimum atomic E-state index is -1.06. The van der Waals surface area contributed by atoms with Crippen LogP contribution in [0.5, 0.6) is 5.75 Å². The van der Waals surface area contributed by atoms with Crippen molar-refractivity contribution in [1.29, 1.82) is 0 Å². The number of benzene rings is 1. The SMILES string of the molecule is COc1ccc(C(=O)NCCNC(=O)[C@@H]2CC[C@H](C(=O)O)O2)cc1. The minimum Gasteiger partial charge on any atom is -0.497 e. The predicted molar refractivity (Wildman–Crippen MR) is 83.9 cm³/mol. The molecule has 1 aliphatic heterocycles. The van der Waals surface area contributed by atoms with E-state index in [1.807, 2.05) is 0 Å². The number of hydrogen-bond donors (Lipinski definition) is 3. The number of aliphatic carboxylic acids is 1. The van der Waals surface area contributed by atoms with Crippen LogP contribution in [0.15, 0.2) is 24.3 Å². The number of nitrogens with one attached hydrogen (secondary N) is 2. The first-order valence-corrected chi connectivity index (χ1v) is 7.59. The first-order valence-electron chi connectivity index (χ1n) is 7.59. The van der Waals surface area contributed by atoms with Crippen molar-refractivity contribution in [2.45, 2.75) is 25.0 Å². The molecule has 2 amide bonds. The molecule has 1 aromatic carbocycles. The average molecular weight is 336 g/mol. The summed E-state index contributed by atoms with van der Waals surface area (Å²) in [5.41, 5.74) is 0.491. The van der Waals surface area contributed by atoms with E-state index in [9.17, 15) is 14.4 Å². The van der Waals surface area contributed by atoms with Crippen LogP contribution in [0.1, 0.15) is 23.2 Å². The highest BCUT2D eigenvalue weighted by Gasteiger charge is 2.34. The number of carboxylic acids is 1. The number of methoxy groups -OCH3 is 1. The molecule has 24 heavy (non-hydrogen) atoms. The summed E-state index contributed by atoms with van der Waals surface area (Å²) >= 11 is 0. The zero-order valence-electron chi connectivity index (χ0n) is 13.3. The van der Waals surface area contributed by atoms with Crippen LogP contribution in [0.25, 0.3) is 0 Å². The first kappa shape index (κ1) is 17.7. The highest BCUT2D eigenvalue weighted by molar-refractivity contribution is 5.94. The molecule has 2 rings (SSSR count). The summed E-state index contributed by atoms with van der Waals surface area (Å²) in [4.78, 5) is 34.5. The first-order chi connectivity index (χ1) is 11.5. The van der Waals surface area contributed by atoms with E-state index in [4.69, 9.17) is 14.6 Å². The van der Waals surface area contributed by atoms with Gasteiger partial charge in [-0.3, -0.25) is 9.59 Å². The Kier molecular flexibility index (Phi) is 6.14. The molecule has 0 saturated carbocycles. The molecule has 1 aromatic rings. The van der Waals surface area contributed by atoms with Crippen molar-refractivity contribution in [3.8, 4) is 5.75 Å². The van der Waals surface area contributed by atoms with Gasteiger partial charge >= 0.3 is 5.97 Å². The number of hydrogen-bond acceptors (Lipinski definition) is 5. The Bertz CT molecular complexity index is 601. The van der Waals surface area contributed by atoms with Gasteiger partial charge < -0.3 is 25.2 Å². The van der Waals surface area contributed by atoms with Crippen LogP contribution in [0, 0.1) is 0 Å². The van der Waals surface area contributed by atoms with Gasteiger partial charge in [0.25, 0.3) is 5.91 Å². The third kappa shape index (κ3) is 4.69. The van der Waals surface area contributed by atoms with E-state index in [-0.39, 0.29) is 24.9 Å². The number of carbonyl (C=O) groups excluding carboxylic acids is 2. The second-order valence-corrected chi connectivity index (χ2v) is 5.30. The maximum Gasteiger partial charge on any atom is 0.332 e. The van der Waals surface area contributed by atoms with E-state index in [1.165, 1.54) is 0 Å². The van der Waals surface area contributed by atoms with E-state index < -0.39 is 18.2 Å². The third-order valence-corrected chi connectivity index (χ3v) is 3.65. The Morgan fingerprint density at radius 1 is 1.12 bits per heavy atom. The predicted octanol–water partition coefficient (Wildman–Crippen LogP) is 0.173. The lowest BCUT2D eigenvalue weighted by atomic mass is 10.2. The molecule has 1 saturated heterocycles. The van der Waals surface area contributed by atoms with Crippen LogP contribution in [0.2, 0.25) is 0 Å². The average Bonchev–Trinajstić information content (AvgIpc) is 3.09. The van der Waals surface area contributed by atoms with Gasteiger partial charge in [-0.2, -0.15) is 0 Å². The van der Waals surface area contributed by atoms with Crippen molar-refractivity contribution in [2.24, 2.45) is 0 Å². The monoisotopic (exact) mass is 336 g/mol. The van der Waals surface area contributed by atoms with E-state index in [0.717, 1.165) is 0 Å². The van der Waals surface area contributed by atoms with Gasteiger partial charge in [-0.15, -0.1) is 0 Å². The molecule has 0 aromatic heterocycles. The number of carboxylic acid groups (broad SMARTS) is 1. The van der Waals surface area contributed by atoms with E-state index >= 15 is 0 Å². The summed E-state index contributed by atoms with van der Waals surface area (Å²) < 4.78 is 10.2. The van der Waals surface area contributed by atoms with Crippen LogP contribution < -0.4 is 15.4 Å². The highest BCUT2D eigenvalue weighted by atomic mass is 16.5. The van der Waals surface area contributed by atoms with Gasteiger partial charge in [0.1, 0.15) is 11.9 Å². The van der Waals surface area contributed by atoms with Crippen molar-refractivity contribution in [1.82, 2.24) is 10.6 Å². The molecule has 0 bridgehead atoms. The Hall–Kier alpha value is -2.61. The molecule has 0 radical (unpaired) electrons. The molecule has 3 N–H and O–H groups in total. The lowest BCUT2D eigenvalue weighted by Gasteiger charge is -2.12. The molecular weight excluding hydrogens is 316 g/mol. The Morgan fingerprint density at radius 3 is 2.33 bits per heavy atom. The van der Waals surface area contributed by atoms with Crippen LogP contribution >= 0.6 is 0 Å². The molecule has 130 valence electrons. The third-order valence-electron chi connectivity index (χ3n) is 3.65. The summed E-state index contributed by atoms with van der Waals surface area (Å²) in [7, 11) is 1.55. The maximum absolute atomic E-state index is 11.9. The molecule has 1 aliphatic rings. The van der Waals surface area contributed by atoms with E-state index in [2.05, 4.69) is 10.6 Å². The quantitative estimate of drug-likeness (QED) is 0.612. The lowest BCUT2D eigenvalue weighted by Crippen LogP contribution is -2.40. The Morgan fingerprint density at radius 2 is 1.75 bits per heavy atom. The molecule has 0 spiro atoms. The van der Waals surface area contributed by atoms with Gasteiger partial charge in [-0.05, 0) is 37.1 Å². The van der Waals surface area contributed by atoms with Crippen molar-refractivity contribution in [3.63, 3.8) is 0 Å². The molecule has 1 heterocycles. The van der Waals surface area contributed by atoms with Gasteiger partial charge in [-0.25, -0.2) is 4.79 Å². The summed E-state index contributed by atoms with van der Waals surface area (Å²) in [5.74, 6) is -1.01. The van der Waals surface area contributed by atoms with Gasteiger partial charge in [0.05, 0.1) is 7.11 Å². The van der Waals surface area contributed by atoms with Crippen molar-refractivity contribution < 1.29 is 29.0 Å². The van der Waals surface area contributed by atoms with Crippen LogP contribution in [-0.4, -0.2) is 55.3 Å². The van der Waals surface area contributed by atoms with Gasteiger partial charge in [0.15, 0.2) is 6.10 Å². The van der Waals surface area contributed by atoms with Gasteiger partial charge in [-0.1, -0.05) is 0 Å². The minimum absolute atomic E-state index is 0.234. The fraction of sp³-hybridized carbons (Fsp3) is 0.438. The summed E-state index contributed by atoms with van der Waals surface area (Å²) in [5, 5.41) is 14.1. The maximum atomic E-state index is 11.9. The second-order valence-electron chi connectivity index (χ2n) is 5.30. The molecule has 0 aliphatic carbocycles. The molecular formula is C16H20N2O6. The fourth-order valence-corrected chi connectivity index (χ4v) is 2.33. The summed E-state index contributed by atoms with van der Waals surface area (Å²) in [6.45, 7) is 0.490. The zero-order chi connectivity index (χ0) is 17.5. The number of rotatable bonds is 7. The smallest absolute Gasteiger partial charge is 0.332 e. The number of ether oxygens (including phenoxy) is 2. The molecule has 8 nitrogen and oxygen atoms in total. The second kappa shape index (κ2) is 8.30. The van der Waals surface area contributed by atoms with Crippen LogP contribution in [0.3, 0.4) is 0 Å². The summed E-state index contributed by atoms with van der Waals surface area (Å²) in [6.07, 6.45) is -0.971. The Balaban J connectivity index is 1.68. The normalized spacial score (nSPS) is 19.5. The number of amides is 2. The molecule has 1 fully saturated rings. The van der Waals surface area contributed by atoms with Crippen molar-refractivity contribution >= 4 is 17.8 Å². The standard InChI is InChI=1S/C16H20N2O6/c1-23-11-4-2-10(3-5-11)14(19)17-8-9-18-15(20)12-6-7-13(24-12)16(21)22/h2-5,12-13H,6-9H2,1H3,(H,17,19)(H,18,20)(H,21,22)/t12-,13+/m0/s1.